The van der Waals surface area contributed by atoms with Crippen molar-refractivity contribution >= 4 is 24.0 Å². The molecule has 0 aromatic heterocycles. The summed E-state index contributed by atoms with van der Waals surface area (Å²) < 4.78 is 5.05. The standard InChI is InChI=1S/C19H16N2O5/c22-17(23)12-26-15-8-6-13(7-9-15)10-16-18(24)21(19(25)20-16)11-14-4-2-1-3-5-14/h1-10H,11-12H2,(H,20,25)(H,22,23)/b16-10-. The van der Waals surface area contributed by atoms with Crippen LogP contribution in [-0.2, 0) is 16.1 Å². The van der Waals surface area contributed by atoms with Gasteiger partial charge in [0.1, 0.15) is 11.4 Å². The number of carbonyl (C=O) groups excluding carboxylic acids is 2. The molecule has 1 aliphatic rings. The molecule has 0 bridgehead atoms. The second-order valence-electron chi connectivity index (χ2n) is 5.62. The summed E-state index contributed by atoms with van der Waals surface area (Å²) in [6.45, 7) is -0.228. The maximum absolute atomic E-state index is 12.5. The molecule has 3 amide bonds. The van der Waals surface area contributed by atoms with E-state index in [4.69, 9.17) is 9.84 Å². The van der Waals surface area contributed by atoms with Gasteiger partial charge in [0.15, 0.2) is 6.61 Å². The van der Waals surface area contributed by atoms with Crippen LogP contribution in [0.5, 0.6) is 5.75 Å². The Labute approximate surface area is 149 Å². The minimum Gasteiger partial charge on any atom is -0.482 e. The Balaban J connectivity index is 1.70. The van der Waals surface area contributed by atoms with E-state index in [0.717, 1.165) is 10.5 Å². The zero-order valence-corrected chi connectivity index (χ0v) is 13.7. The second-order valence-corrected chi connectivity index (χ2v) is 5.62. The van der Waals surface area contributed by atoms with E-state index in [-0.39, 0.29) is 12.2 Å². The van der Waals surface area contributed by atoms with Gasteiger partial charge in [-0.05, 0) is 29.3 Å². The summed E-state index contributed by atoms with van der Waals surface area (Å²) in [7, 11) is 0. The summed E-state index contributed by atoms with van der Waals surface area (Å²) in [5.41, 5.74) is 1.72. The number of carboxylic acid groups (broad SMARTS) is 1. The van der Waals surface area contributed by atoms with Gasteiger partial charge in [-0.25, -0.2) is 9.59 Å². The van der Waals surface area contributed by atoms with E-state index in [0.29, 0.717) is 11.3 Å². The predicted octanol–water partition coefficient (Wildman–Crippen LogP) is 2.24. The highest BCUT2D eigenvalue weighted by Crippen LogP contribution is 2.18. The molecule has 7 heteroatoms. The van der Waals surface area contributed by atoms with Crippen LogP contribution < -0.4 is 10.1 Å². The van der Waals surface area contributed by atoms with E-state index < -0.39 is 24.5 Å². The topological polar surface area (TPSA) is 95.9 Å². The van der Waals surface area contributed by atoms with E-state index >= 15 is 0 Å². The first-order valence-electron chi connectivity index (χ1n) is 7.86. The van der Waals surface area contributed by atoms with Crippen molar-refractivity contribution in [2.45, 2.75) is 6.54 Å². The average molecular weight is 352 g/mol. The number of nitrogens with one attached hydrogen (secondary N) is 1. The van der Waals surface area contributed by atoms with Crippen LogP contribution in [0.3, 0.4) is 0 Å². The maximum atomic E-state index is 12.5. The molecule has 2 N–H and O–H groups in total. The Morgan fingerprint density at radius 2 is 1.77 bits per heavy atom. The Kier molecular flexibility index (Phi) is 4.98. The fraction of sp³-hybridized carbons (Fsp3) is 0.105. The van der Waals surface area contributed by atoms with Crippen LogP contribution in [0, 0.1) is 0 Å². The van der Waals surface area contributed by atoms with E-state index in [1.54, 1.807) is 30.3 Å². The molecule has 132 valence electrons. The summed E-state index contributed by atoms with van der Waals surface area (Å²) in [4.78, 5) is 36.1. The number of rotatable bonds is 6. The van der Waals surface area contributed by atoms with Gasteiger partial charge in [-0.3, -0.25) is 9.69 Å². The smallest absolute Gasteiger partial charge is 0.341 e. The molecule has 0 unspecified atom stereocenters. The zero-order chi connectivity index (χ0) is 18.5. The van der Waals surface area contributed by atoms with Crippen molar-refractivity contribution < 1.29 is 24.2 Å². The normalized spacial score (nSPS) is 15.2. The van der Waals surface area contributed by atoms with Gasteiger partial charge in [0.25, 0.3) is 5.91 Å². The number of hydrogen-bond acceptors (Lipinski definition) is 4. The molecule has 0 radical (unpaired) electrons. The van der Waals surface area contributed by atoms with Gasteiger partial charge in [-0.2, -0.15) is 0 Å². The Hall–Kier alpha value is -3.61. The number of ether oxygens (including phenoxy) is 1. The third-order valence-corrected chi connectivity index (χ3v) is 3.70. The summed E-state index contributed by atoms with van der Waals surface area (Å²) >= 11 is 0. The quantitative estimate of drug-likeness (QED) is 0.614. The molecule has 0 spiro atoms. The molecule has 26 heavy (non-hydrogen) atoms. The van der Waals surface area contributed by atoms with E-state index in [1.807, 2.05) is 30.3 Å². The molecule has 1 heterocycles. The van der Waals surface area contributed by atoms with E-state index in [9.17, 15) is 14.4 Å². The van der Waals surface area contributed by atoms with E-state index in [1.165, 1.54) is 0 Å². The lowest BCUT2D eigenvalue weighted by Crippen LogP contribution is -2.30. The Morgan fingerprint density at radius 3 is 2.42 bits per heavy atom. The lowest BCUT2D eigenvalue weighted by atomic mass is 10.1. The van der Waals surface area contributed by atoms with Crippen LogP contribution in [0.4, 0.5) is 4.79 Å². The van der Waals surface area contributed by atoms with Crippen LogP contribution >= 0.6 is 0 Å². The number of carbonyl (C=O) groups is 3. The lowest BCUT2D eigenvalue weighted by molar-refractivity contribution is -0.139. The predicted molar refractivity (Wildman–Crippen MR) is 93.1 cm³/mol. The number of aliphatic carboxylic acids is 1. The number of hydrogen-bond donors (Lipinski definition) is 2. The monoisotopic (exact) mass is 352 g/mol. The number of imide groups is 1. The number of amides is 3. The summed E-state index contributed by atoms with van der Waals surface area (Å²) in [6, 6.07) is 15.3. The zero-order valence-electron chi connectivity index (χ0n) is 13.7. The first-order valence-corrected chi connectivity index (χ1v) is 7.86. The van der Waals surface area contributed by atoms with E-state index in [2.05, 4.69) is 5.32 Å². The van der Waals surface area contributed by atoms with Gasteiger partial charge in [0.2, 0.25) is 0 Å². The van der Waals surface area contributed by atoms with Crippen LogP contribution in [0.1, 0.15) is 11.1 Å². The van der Waals surface area contributed by atoms with Crippen LogP contribution in [0.25, 0.3) is 6.08 Å². The highest BCUT2D eigenvalue weighted by molar-refractivity contribution is 6.13. The number of nitrogens with zero attached hydrogens (tertiary/aromatic N) is 1. The molecule has 1 fully saturated rings. The lowest BCUT2D eigenvalue weighted by Gasteiger charge is -2.11. The minimum atomic E-state index is -1.06. The van der Waals surface area contributed by atoms with Crippen molar-refractivity contribution in [1.29, 1.82) is 0 Å². The SMILES string of the molecule is O=C(O)COc1ccc(/C=C2\NC(=O)N(Cc3ccccc3)C2=O)cc1. The minimum absolute atomic E-state index is 0.185. The van der Waals surface area contributed by atoms with Crippen molar-refractivity contribution in [3.05, 3.63) is 71.4 Å². The van der Waals surface area contributed by atoms with Crippen LogP contribution in [0.2, 0.25) is 0 Å². The Morgan fingerprint density at radius 1 is 1.08 bits per heavy atom. The average Bonchev–Trinajstić information content (AvgIpc) is 2.89. The highest BCUT2D eigenvalue weighted by Gasteiger charge is 2.33. The molecule has 0 atom stereocenters. The van der Waals surface area contributed by atoms with Crippen molar-refractivity contribution in [3.63, 3.8) is 0 Å². The highest BCUT2D eigenvalue weighted by atomic mass is 16.5. The molecule has 1 aliphatic heterocycles. The molecule has 0 saturated carbocycles. The van der Waals surface area contributed by atoms with Crippen molar-refractivity contribution in [2.24, 2.45) is 0 Å². The van der Waals surface area contributed by atoms with Gasteiger partial charge in [0, 0.05) is 0 Å². The third kappa shape index (κ3) is 4.07. The first-order chi connectivity index (χ1) is 12.5. The number of carboxylic acids is 1. The first kappa shape index (κ1) is 17.2. The molecule has 1 saturated heterocycles. The van der Waals surface area contributed by atoms with Gasteiger partial charge in [-0.1, -0.05) is 42.5 Å². The van der Waals surface area contributed by atoms with Crippen LogP contribution in [-0.4, -0.2) is 34.5 Å². The number of benzene rings is 2. The summed E-state index contributed by atoms with van der Waals surface area (Å²) in [5.74, 6) is -1.05. The van der Waals surface area contributed by atoms with Gasteiger partial charge in [-0.15, -0.1) is 0 Å². The molecule has 0 aliphatic carbocycles. The summed E-state index contributed by atoms with van der Waals surface area (Å²) in [6.07, 6.45) is 1.56. The van der Waals surface area contributed by atoms with Gasteiger partial charge in [0.05, 0.1) is 6.54 Å². The largest absolute Gasteiger partial charge is 0.482 e. The fourth-order valence-electron chi connectivity index (χ4n) is 2.45. The molecule has 7 nitrogen and oxygen atoms in total. The van der Waals surface area contributed by atoms with Crippen molar-refractivity contribution in [3.8, 4) is 5.75 Å². The number of urea groups is 1. The molecule has 2 aromatic carbocycles. The summed E-state index contributed by atoms with van der Waals surface area (Å²) in [5, 5.41) is 11.2. The molecular formula is C19H16N2O5. The fourth-order valence-corrected chi connectivity index (χ4v) is 2.45. The molecular weight excluding hydrogens is 336 g/mol. The van der Waals surface area contributed by atoms with Crippen LogP contribution in [0.15, 0.2) is 60.3 Å². The van der Waals surface area contributed by atoms with Gasteiger partial charge < -0.3 is 15.2 Å². The van der Waals surface area contributed by atoms with Gasteiger partial charge >= 0.3 is 12.0 Å². The van der Waals surface area contributed by atoms with Crippen molar-refractivity contribution in [2.75, 3.05) is 6.61 Å². The molecule has 3 rings (SSSR count). The maximum Gasteiger partial charge on any atom is 0.341 e. The van der Waals surface area contributed by atoms with Crippen molar-refractivity contribution in [1.82, 2.24) is 10.2 Å². The third-order valence-electron chi connectivity index (χ3n) is 3.70. The Bertz CT molecular complexity index is 859. The molecule has 2 aromatic rings. The second kappa shape index (κ2) is 7.52.